The lowest BCUT2D eigenvalue weighted by Gasteiger charge is -2.28. The maximum Gasteiger partial charge on any atom is 0.143 e. The highest BCUT2D eigenvalue weighted by Crippen LogP contribution is 2.46. The van der Waals surface area contributed by atoms with Crippen LogP contribution in [0.3, 0.4) is 0 Å². The summed E-state index contributed by atoms with van der Waals surface area (Å²) >= 11 is 0. The van der Waals surface area contributed by atoms with Gasteiger partial charge in [-0.25, -0.2) is 0 Å². The summed E-state index contributed by atoms with van der Waals surface area (Å²) in [5, 5.41) is 4.43. The van der Waals surface area contributed by atoms with E-state index >= 15 is 0 Å². The van der Waals surface area contributed by atoms with Gasteiger partial charge in [0.2, 0.25) is 0 Å². The molecule has 0 saturated carbocycles. The molecule has 0 aliphatic heterocycles. The van der Waals surface area contributed by atoms with Crippen LogP contribution < -0.4 is 4.90 Å². The van der Waals surface area contributed by atoms with Crippen molar-refractivity contribution in [3.8, 4) is 33.4 Å². The summed E-state index contributed by atoms with van der Waals surface area (Å²) < 4.78 is 12.8. The normalized spacial score (nSPS) is 11.5. The van der Waals surface area contributed by atoms with Gasteiger partial charge in [0.25, 0.3) is 0 Å². The van der Waals surface area contributed by atoms with Gasteiger partial charge in [-0.3, -0.25) is 0 Å². The molecule has 3 nitrogen and oxygen atoms in total. The largest absolute Gasteiger partial charge is 0.456 e. The van der Waals surface area contributed by atoms with E-state index in [9.17, 15) is 0 Å². The van der Waals surface area contributed by atoms with Gasteiger partial charge in [-0.1, -0.05) is 146 Å². The molecule has 0 radical (unpaired) electrons. The van der Waals surface area contributed by atoms with Gasteiger partial charge in [0.15, 0.2) is 0 Å². The third kappa shape index (κ3) is 4.90. The molecule has 0 atom stereocenters. The highest BCUT2D eigenvalue weighted by molar-refractivity contribution is 6.14. The van der Waals surface area contributed by atoms with Crippen molar-refractivity contribution < 1.29 is 8.83 Å². The zero-order valence-corrected chi connectivity index (χ0v) is 27.7. The number of para-hydroxylation sites is 4. The van der Waals surface area contributed by atoms with Crippen LogP contribution in [-0.4, -0.2) is 0 Å². The van der Waals surface area contributed by atoms with Crippen LogP contribution >= 0.6 is 0 Å². The Morgan fingerprint density at radius 3 is 1.67 bits per heavy atom. The third-order valence-corrected chi connectivity index (χ3v) is 9.91. The quantitative estimate of drug-likeness (QED) is 0.179. The summed E-state index contributed by atoms with van der Waals surface area (Å²) in [6.07, 6.45) is 0. The lowest BCUT2D eigenvalue weighted by Crippen LogP contribution is -2.11. The zero-order valence-electron chi connectivity index (χ0n) is 27.7. The van der Waals surface area contributed by atoms with E-state index in [0.29, 0.717) is 0 Å². The molecular weight excluding hydrogens is 623 g/mol. The van der Waals surface area contributed by atoms with Gasteiger partial charge in [0.1, 0.15) is 22.3 Å². The monoisotopic (exact) mass is 653 g/mol. The summed E-state index contributed by atoms with van der Waals surface area (Å²) in [6, 6.07) is 66.2. The topological polar surface area (TPSA) is 29.5 Å². The molecule has 0 spiro atoms. The average molecular weight is 654 g/mol. The van der Waals surface area contributed by atoms with Gasteiger partial charge in [0.05, 0.1) is 16.8 Å². The minimum Gasteiger partial charge on any atom is -0.456 e. The minimum absolute atomic E-state index is 0.858. The molecule has 3 heteroatoms. The van der Waals surface area contributed by atoms with Crippen LogP contribution in [0.1, 0.15) is 0 Å². The van der Waals surface area contributed by atoms with Crippen molar-refractivity contribution in [1.29, 1.82) is 0 Å². The second-order valence-corrected chi connectivity index (χ2v) is 12.9. The van der Waals surface area contributed by atoms with Crippen LogP contribution in [0.4, 0.5) is 17.1 Å². The molecule has 0 N–H and O–H groups in total. The molecule has 0 saturated heterocycles. The summed E-state index contributed by atoms with van der Waals surface area (Å²) in [5.41, 5.74) is 13.6. The number of benzene rings is 8. The van der Waals surface area contributed by atoms with E-state index in [-0.39, 0.29) is 0 Å². The standard InChI is InChI=1S/C48H31NO2/c1-2-12-32(13-3-1)33-24-26-34(27-25-33)37-14-4-7-19-42(37)49(43-20-11-23-46-47(43)41-16-6-9-22-45(41)50-46)36-30-28-35(29-31-36)38-17-10-18-40-39-15-5-8-21-44(39)51-48(38)40/h1-31H. The zero-order chi connectivity index (χ0) is 33.7. The number of nitrogens with zero attached hydrogens (tertiary/aromatic N) is 1. The molecular formula is C48H31NO2. The maximum absolute atomic E-state index is 6.41. The Balaban J connectivity index is 1.15. The van der Waals surface area contributed by atoms with Crippen molar-refractivity contribution >= 4 is 60.9 Å². The molecule has 8 aromatic carbocycles. The molecule has 240 valence electrons. The Morgan fingerprint density at radius 2 is 0.843 bits per heavy atom. The number of fused-ring (bicyclic) bond motifs is 6. The van der Waals surface area contributed by atoms with Gasteiger partial charge < -0.3 is 13.7 Å². The summed E-state index contributed by atoms with van der Waals surface area (Å²) in [4.78, 5) is 2.37. The first-order valence-corrected chi connectivity index (χ1v) is 17.3. The third-order valence-electron chi connectivity index (χ3n) is 9.91. The molecule has 2 aromatic heterocycles. The molecule has 51 heavy (non-hydrogen) atoms. The summed E-state index contributed by atoms with van der Waals surface area (Å²) in [6.45, 7) is 0. The molecule has 0 bridgehead atoms. The van der Waals surface area contributed by atoms with Crippen molar-refractivity contribution in [3.05, 3.63) is 188 Å². The van der Waals surface area contributed by atoms with Gasteiger partial charge in [-0.05, 0) is 64.7 Å². The second kappa shape index (κ2) is 11.9. The first-order chi connectivity index (χ1) is 25.3. The number of hydrogen-bond donors (Lipinski definition) is 0. The van der Waals surface area contributed by atoms with E-state index in [2.05, 4.69) is 169 Å². The molecule has 10 aromatic rings. The molecule has 10 rings (SSSR count). The summed E-state index contributed by atoms with van der Waals surface area (Å²) in [5.74, 6) is 0. The van der Waals surface area contributed by atoms with Crippen molar-refractivity contribution in [2.45, 2.75) is 0 Å². The Hall–Kier alpha value is -6.84. The van der Waals surface area contributed by atoms with Crippen LogP contribution in [0.25, 0.3) is 77.3 Å². The fourth-order valence-corrected chi connectivity index (χ4v) is 7.50. The van der Waals surface area contributed by atoms with Crippen LogP contribution in [-0.2, 0) is 0 Å². The van der Waals surface area contributed by atoms with E-state index in [4.69, 9.17) is 8.83 Å². The lowest BCUT2D eigenvalue weighted by atomic mass is 9.97. The van der Waals surface area contributed by atoms with Crippen LogP contribution in [0.15, 0.2) is 197 Å². The highest BCUT2D eigenvalue weighted by atomic mass is 16.3. The van der Waals surface area contributed by atoms with Crippen LogP contribution in [0.5, 0.6) is 0 Å². The smallest absolute Gasteiger partial charge is 0.143 e. The van der Waals surface area contributed by atoms with Crippen molar-refractivity contribution in [2.24, 2.45) is 0 Å². The number of anilines is 3. The molecule has 0 unspecified atom stereocenters. The fourth-order valence-electron chi connectivity index (χ4n) is 7.50. The first-order valence-electron chi connectivity index (χ1n) is 17.3. The Kier molecular flexibility index (Phi) is 6.81. The van der Waals surface area contributed by atoms with Gasteiger partial charge in [-0.2, -0.15) is 0 Å². The van der Waals surface area contributed by atoms with E-state index in [0.717, 1.165) is 83.2 Å². The van der Waals surface area contributed by atoms with Crippen LogP contribution in [0.2, 0.25) is 0 Å². The fraction of sp³-hybridized carbons (Fsp3) is 0. The minimum atomic E-state index is 0.858. The lowest BCUT2D eigenvalue weighted by molar-refractivity contribution is 0.669. The first kappa shape index (κ1) is 29.1. The van der Waals surface area contributed by atoms with Crippen LogP contribution in [0, 0.1) is 0 Å². The summed E-state index contributed by atoms with van der Waals surface area (Å²) in [7, 11) is 0. The van der Waals surface area contributed by atoms with Gasteiger partial charge >= 0.3 is 0 Å². The Bertz CT molecular complexity index is 2840. The SMILES string of the molecule is c1ccc(-c2ccc(-c3ccccc3N(c3ccc(-c4cccc5c4oc4ccccc45)cc3)c3cccc4oc5ccccc5c34)cc2)cc1. The predicted molar refractivity (Wildman–Crippen MR) is 212 cm³/mol. The molecule has 0 amide bonds. The van der Waals surface area contributed by atoms with Crippen molar-refractivity contribution in [3.63, 3.8) is 0 Å². The second-order valence-electron chi connectivity index (χ2n) is 12.9. The van der Waals surface area contributed by atoms with E-state index in [1.54, 1.807) is 0 Å². The van der Waals surface area contributed by atoms with Crippen molar-refractivity contribution in [1.82, 2.24) is 0 Å². The number of furan rings is 2. The van der Waals surface area contributed by atoms with Crippen molar-refractivity contribution in [2.75, 3.05) is 4.90 Å². The Morgan fingerprint density at radius 1 is 0.314 bits per heavy atom. The van der Waals surface area contributed by atoms with Gasteiger partial charge in [-0.15, -0.1) is 0 Å². The maximum atomic E-state index is 6.41. The molecule has 0 aliphatic rings. The van der Waals surface area contributed by atoms with E-state index in [1.807, 2.05) is 24.3 Å². The Labute approximate surface area is 295 Å². The predicted octanol–water partition coefficient (Wildman–Crippen LogP) is 14.0. The molecule has 0 aliphatic carbocycles. The average Bonchev–Trinajstić information content (AvgIpc) is 3.78. The van der Waals surface area contributed by atoms with Gasteiger partial charge in [0, 0.05) is 33.0 Å². The molecule has 0 fully saturated rings. The number of rotatable bonds is 6. The van der Waals surface area contributed by atoms with E-state index < -0.39 is 0 Å². The van der Waals surface area contributed by atoms with E-state index in [1.165, 1.54) is 11.1 Å². The number of hydrogen-bond acceptors (Lipinski definition) is 3. The molecule has 2 heterocycles. The highest BCUT2D eigenvalue weighted by Gasteiger charge is 2.22.